The Bertz CT molecular complexity index is 1080. The number of carbonyl (C=O) groups excluding carboxylic acids is 1. The van der Waals surface area contributed by atoms with Crippen molar-refractivity contribution in [2.24, 2.45) is 0 Å². The fourth-order valence-corrected chi connectivity index (χ4v) is 3.62. The molecule has 0 unspecified atom stereocenters. The maximum atomic E-state index is 12.4. The zero-order chi connectivity index (χ0) is 23.2. The van der Waals surface area contributed by atoms with Crippen molar-refractivity contribution >= 4 is 23.2 Å². The number of urea groups is 1. The smallest absolute Gasteiger partial charge is 0.323 e. The fraction of sp³-hybridized carbons (Fsp3) is 0.292. The average molecular weight is 449 g/mol. The number of methoxy groups -OCH3 is 2. The van der Waals surface area contributed by atoms with E-state index in [9.17, 15) is 4.79 Å². The lowest BCUT2D eigenvalue weighted by molar-refractivity contribution is 0.262. The second kappa shape index (κ2) is 10.2. The van der Waals surface area contributed by atoms with Crippen LogP contribution in [-0.4, -0.2) is 68.6 Å². The van der Waals surface area contributed by atoms with Gasteiger partial charge in [-0.3, -0.25) is 0 Å². The van der Waals surface area contributed by atoms with Crippen LogP contribution in [0.2, 0.25) is 0 Å². The van der Waals surface area contributed by atoms with Crippen LogP contribution in [0, 0.1) is 0 Å². The first-order chi connectivity index (χ1) is 16.1. The largest absolute Gasteiger partial charge is 0.493 e. The average Bonchev–Trinajstić information content (AvgIpc) is 2.85. The molecule has 9 nitrogen and oxygen atoms in total. The summed E-state index contributed by atoms with van der Waals surface area (Å²) in [5.41, 5.74) is 2.98. The van der Waals surface area contributed by atoms with Gasteiger partial charge in [0.05, 0.1) is 19.9 Å². The summed E-state index contributed by atoms with van der Waals surface area (Å²) in [6, 6.07) is 16.3. The number of anilines is 3. The lowest BCUT2D eigenvalue weighted by atomic mass is 10.1. The minimum absolute atomic E-state index is 0.355. The second-order valence-electron chi connectivity index (χ2n) is 7.79. The number of nitrogens with one attached hydrogen (secondary N) is 2. The first-order valence-electron chi connectivity index (χ1n) is 10.7. The molecule has 0 saturated carbocycles. The number of benzene rings is 2. The van der Waals surface area contributed by atoms with Gasteiger partial charge in [0.15, 0.2) is 17.3 Å². The van der Waals surface area contributed by atoms with Gasteiger partial charge in [-0.25, -0.2) is 4.79 Å². The van der Waals surface area contributed by atoms with Crippen LogP contribution in [0.4, 0.5) is 22.0 Å². The molecule has 2 aromatic carbocycles. The molecule has 2 amide bonds. The lowest BCUT2D eigenvalue weighted by Crippen LogP contribution is -2.44. The van der Waals surface area contributed by atoms with E-state index in [-0.39, 0.29) is 6.03 Å². The van der Waals surface area contributed by atoms with Crippen LogP contribution in [0.25, 0.3) is 11.3 Å². The van der Waals surface area contributed by atoms with Crippen molar-refractivity contribution in [3.8, 4) is 22.8 Å². The quantitative estimate of drug-likeness (QED) is 0.596. The molecule has 0 spiro atoms. The highest BCUT2D eigenvalue weighted by Gasteiger charge is 2.15. The van der Waals surface area contributed by atoms with Gasteiger partial charge in [0.25, 0.3) is 0 Å². The first-order valence-corrected chi connectivity index (χ1v) is 10.7. The van der Waals surface area contributed by atoms with Gasteiger partial charge in [-0.2, -0.15) is 0 Å². The standard InChI is InChI=1S/C24H28N6O3/c1-29-12-14-30(15-13-29)23-11-9-20(27-28-23)17-4-6-18(7-5-17)25-24(31)26-19-8-10-21(32-2)22(16-19)33-3/h4-11,16H,12-15H2,1-3H3,(H2,25,26,31). The molecule has 4 rings (SSSR count). The summed E-state index contributed by atoms with van der Waals surface area (Å²) < 4.78 is 10.5. The summed E-state index contributed by atoms with van der Waals surface area (Å²) in [5.74, 6) is 2.04. The van der Waals surface area contributed by atoms with Gasteiger partial charge in [-0.1, -0.05) is 12.1 Å². The number of hydrogen-bond donors (Lipinski definition) is 2. The number of piperazine rings is 1. The Morgan fingerprint density at radius 3 is 2.12 bits per heavy atom. The molecule has 3 aromatic rings. The molecule has 1 saturated heterocycles. The number of likely N-dealkylation sites (N-methyl/N-ethyl adjacent to an activating group) is 1. The first kappa shape index (κ1) is 22.3. The van der Waals surface area contributed by atoms with Crippen molar-refractivity contribution in [2.75, 3.05) is 63.0 Å². The molecule has 1 aliphatic rings. The highest BCUT2D eigenvalue weighted by Crippen LogP contribution is 2.30. The van der Waals surface area contributed by atoms with E-state index in [4.69, 9.17) is 9.47 Å². The summed E-state index contributed by atoms with van der Waals surface area (Å²) in [6.07, 6.45) is 0. The predicted molar refractivity (Wildman–Crippen MR) is 129 cm³/mol. The predicted octanol–water partition coefficient (Wildman–Crippen LogP) is 3.56. The van der Waals surface area contributed by atoms with Crippen molar-refractivity contribution in [3.63, 3.8) is 0 Å². The van der Waals surface area contributed by atoms with Crippen molar-refractivity contribution in [3.05, 3.63) is 54.6 Å². The molecule has 1 fully saturated rings. The van der Waals surface area contributed by atoms with Crippen molar-refractivity contribution in [1.29, 1.82) is 0 Å². The van der Waals surface area contributed by atoms with Gasteiger partial charge in [-0.15, -0.1) is 10.2 Å². The summed E-state index contributed by atoms with van der Waals surface area (Å²) in [6.45, 7) is 3.96. The molecule has 172 valence electrons. The zero-order valence-electron chi connectivity index (χ0n) is 19.0. The second-order valence-corrected chi connectivity index (χ2v) is 7.79. The fourth-order valence-electron chi connectivity index (χ4n) is 3.62. The number of ether oxygens (including phenoxy) is 2. The Hall–Kier alpha value is -3.85. The van der Waals surface area contributed by atoms with E-state index in [1.165, 1.54) is 0 Å². The van der Waals surface area contributed by atoms with Crippen LogP contribution < -0.4 is 25.0 Å². The SMILES string of the molecule is COc1ccc(NC(=O)Nc2ccc(-c3ccc(N4CCN(C)CC4)nn3)cc2)cc1OC. The Morgan fingerprint density at radius 2 is 1.48 bits per heavy atom. The lowest BCUT2D eigenvalue weighted by Gasteiger charge is -2.32. The number of aromatic nitrogens is 2. The molecule has 2 heterocycles. The molecule has 33 heavy (non-hydrogen) atoms. The Labute approximate surface area is 193 Å². The maximum Gasteiger partial charge on any atom is 0.323 e. The number of amides is 2. The number of rotatable bonds is 6. The van der Waals surface area contributed by atoms with Crippen LogP contribution in [-0.2, 0) is 0 Å². The van der Waals surface area contributed by atoms with E-state index in [1.807, 2.05) is 36.4 Å². The third-order valence-corrected chi connectivity index (χ3v) is 5.56. The van der Waals surface area contributed by atoms with E-state index >= 15 is 0 Å². The van der Waals surface area contributed by atoms with Crippen LogP contribution in [0.15, 0.2) is 54.6 Å². The van der Waals surface area contributed by atoms with Crippen LogP contribution in [0.1, 0.15) is 0 Å². The van der Waals surface area contributed by atoms with Crippen molar-refractivity contribution in [1.82, 2.24) is 15.1 Å². The van der Waals surface area contributed by atoms with E-state index in [0.717, 1.165) is 43.3 Å². The highest BCUT2D eigenvalue weighted by molar-refractivity contribution is 6.00. The summed E-state index contributed by atoms with van der Waals surface area (Å²) in [4.78, 5) is 16.9. The van der Waals surface area contributed by atoms with Gasteiger partial charge in [0, 0.05) is 49.2 Å². The minimum atomic E-state index is -0.355. The van der Waals surface area contributed by atoms with E-state index in [1.54, 1.807) is 32.4 Å². The molecule has 0 radical (unpaired) electrons. The highest BCUT2D eigenvalue weighted by atomic mass is 16.5. The molecule has 1 aromatic heterocycles. The Kier molecular flexibility index (Phi) is 6.89. The number of nitrogens with zero attached hydrogens (tertiary/aromatic N) is 4. The van der Waals surface area contributed by atoms with E-state index in [0.29, 0.717) is 22.9 Å². The van der Waals surface area contributed by atoms with E-state index < -0.39 is 0 Å². The van der Waals surface area contributed by atoms with E-state index in [2.05, 4.69) is 37.7 Å². The van der Waals surface area contributed by atoms with Crippen molar-refractivity contribution < 1.29 is 14.3 Å². The summed E-state index contributed by atoms with van der Waals surface area (Å²) >= 11 is 0. The summed E-state index contributed by atoms with van der Waals surface area (Å²) in [5, 5.41) is 14.4. The van der Waals surface area contributed by atoms with Gasteiger partial charge >= 0.3 is 6.03 Å². The molecule has 0 aliphatic carbocycles. The minimum Gasteiger partial charge on any atom is -0.493 e. The third kappa shape index (κ3) is 5.50. The normalized spacial score (nSPS) is 14.0. The summed E-state index contributed by atoms with van der Waals surface area (Å²) in [7, 11) is 5.24. The molecular weight excluding hydrogens is 420 g/mol. The van der Waals surface area contributed by atoms with Gasteiger partial charge in [0.1, 0.15) is 0 Å². The number of carbonyl (C=O) groups is 1. The third-order valence-electron chi connectivity index (χ3n) is 5.56. The molecule has 0 atom stereocenters. The maximum absolute atomic E-state index is 12.4. The van der Waals surface area contributed by atoms with Crippen LogP contribution >= 0.6 is 0 Å². The van der Waals surface area contributed by atoms with Gasteiger partial charge in [-0.05, 0) is 43.4 Å². The van der Waals surface area contributed by atoms with Gasteiger partial charge < -0.3 is 29.9 Å². The Balaban J connectivity index is 1.35. The van der Waals surface area contributed by atoms with Crippen LogP contribution in [0.5, 0.6) is 11.5 Å². The number of hydrogen-bond acceptors (Lipinski definition) is 7. The molecule has 0 bridgehead atoms. The Morgan fingerprint density at radius 1 is 0.818 bits per heavy atom. The zero-order valence-corrected chi connectivity index (χ0v) is 19.0. The van der Waals surface area contributed by atoms with Crippen LogP contribution in [0.3, 0.4) is 0 Å². The molecule has 2 N–H and O–H groups in total. The monoisotopic (exact) mass is 448 g/mol. The topological polar surface area (TPSA) is 91.9 Å². The molecular formula is C24H28N6O3. The van der Waals surface area contributed by atoms with Gasteiger partial charge in [0.2, 0.25) is 0 Å². The molecule has 9 heteroatoms. The molecule has 1 aliphatic heterocycles. The van der Waals surface area contributed by atoms with Crippen molar-refractivity contribution in [2.45, 2.75) is 0 Å².